The summed E-state index contributed by atoms with van der Waals surface area (Å²) in [6, 6.07) is 13.1. The highest BCUT2D eigenvalue weighted by Crippen LogP contribution is 2.17. The van der Waals surface area contributed by atoms with Crippen molar-refractivity contribution in [2.75, 3.05) is 5.32 Å². The highest BCUT2D eigenvalue weighted by Gasteiger charge is 2.14. The van der Waals surface area contributed by atoms with E-state index in [-0.39, 0.29) is 24.9 Å². The van der Waals surface area contributed by atoms with Gasteiger partial charge >= 0.3 is 0 Å². The normalized spacial score (nSPS) is 10.6. The summed E-state index contributed by atoms with van der Waals surface area (Å²) >= 11 is 0. The van der Waals surface area contributed by atoms with Gasteiger partial charge in [-0.2, -0.15) is 0 Å². The van der Waals surface area contributed by atoms with E-state index in [0.717, 1.165) is 11.0 Å². The molecule has 1 heterocycles. The number of nitrogens with zero attached hydrogens (tertiary/aromatic N) is 2. The van der Waals surface area contributed by atoms with Crippen LogP contribution in [0.25, 0.3) is 11.0 Å². The van der Waals surface area contributed by atoms with Gasteiger partial charge in [-0.05, 0) is 30.3 Å². The number of aromatic nitrogens is 2. The van der Waals surface area contributed by atoms with Crippen molar-refractivity contribution in [1.29, 1.82) is 0 Å². The van der Waals surface area contributed by atoms with Gasteiger partial charge in [0.1, 0.15) is 18.2 Å². The predicted octanol–water partition coefficient (Wildman–Crippen LogP) is 2.45. The van der Waals surface area contributed by atoms with Crippen LogP contribution in [0.1, 0.15) is 12.7 Å². The summed E-state index contributed by atoms with van der Waals surface area (Å²) < 4.78 is 15.0. The molecule has 128 valence electrons. The number of para-hydroxylation sites is 2. The Bertz CT molecular complexity index is 936. The number of rotatable bonds is 5. The van der Waals surface area contributed by atoms with Crippen LogP contribution < -0.4 is 10.6 Å². The van der Waals surface area contributed by atoms with Crippen LogP contribution >= 0.6 is 0 Å². The smallest absolute Gasteiger partial charge is 0.244 e. The van der Waals surface area contributed by atoms with Crippen LogP contribution in [0, 0.1) is 5.82 Å². The molecule has 0 spiro atoms. The molecular formula is C18H17FN4O2. The molecule has 0 saturated heterocycles. The maximum absolute atomic E-state index is 13.2. The molecule has 7 heteroatoms. The van der Waals surface area contributed by atoms with Crippen LogP contribution in [0.2, 0.25) is 0 Å². The van der Waals surface area contributed by atoms with Crippen molar-refractivity contribution in [3.05, 3.63) is 60.2 Å². The molecule has 25 heavy (non-hydrogen) atoms. The molecule has 6 nitrogen and oxygen atoms in total. The molecule has 0 aliphatic heterocycles. The number of carbonyl (C=O) groups is 2. The maximum Gasteiger partial charge on any atom is 0.244 e. The Kier molecular flexibility index (Phi) is 4.74. The second-order valence-electron chi connectivity index (χ2n) is 5.57. The van der Waals surface area contributed by atoms with Crippen molar-refractivity contribution in [2.24, 2.45) is 0 Å². The average Bonchev–Trinajstić information content (AvgIpc) is 2.91. The molecule has 0 aliphatic rings. The SMILES string of the molecule is CC(=O)NCc1nc2ccccc2n1CC(=O)Nc1cccc(F)c1. The molecular weight excluding hydrogens is 323 g/mol. The van der Waals surface area contributed by atoms with Gasteiger partial charge in [0.15, 0.2) is 0 Å². The number of hydrogen-bond donors (Lipinski definition) is 2. The number of benzene rings is 2. The summed E-state index contributed by atoms with van der Waals surface area (Å²) in [5.74, 6) is -0.330. The zero-order valence-corrected chi connectivity index (χ0v) is 13.6. The number of halogens is 1. The first-order valence-electron chi connectivity index (χ1n) is 7.77. The number of imidazole rings is 1. The summed E-state index contributed by atoms with van der Waals surface area (Å²) in [6.45, 7) is 1.65. The van der Waals surface area contributed by atoms with Crippen LogP contribution in [0.5, 0.6) is 0 Å². The zero-order chi connectivity index (χ0) is 17.8. The lowest BCUT2D eigenvalue weighted by atomic mass is 10.3. The first-order valence-corrected chi connectivity index (χ1v) is 7.77. The number of amides is 2. The van der Waals surface area contributed by atoms with E-state index < -0.39 is 5.82 Å². The first-order chi connectivity index (χ1) is 12.0. The van der Waals surface area contributed by atoms with E-state index in [4.69, 9.17) is 0 Å². The lowest BCUT2D eigenvalue weighted by Crippen LogP contribution is -2.25. The average molecular weight is 340 g/mol. The van der Waals surface area contributed by atoms with E-state index in [2.05, 4.69) is 15.6 Å². The molecule has 0 radical (unpaired) electrons. The van der Waals surface area contributed by atoms with E-state index in [1.54, 1.807) is 10.6 Å². The Labute approximate surface area is 143 Å². The van der Waals surface area contributed by atoms with Gasteiger partial charge in [0, 0.05) is 12.6 Å². The number of hydrogen-bond acceptors (Lipinski definition) is 3. The second kappa shape index (κ2) is 7.12. The predicted molar refractivity (Wildman–Crippen MR) is 92.3 cm³/mol. The fourth-order valence-electron chi connectivity index (χ4n) is 2.55. The number of nitrogens with one attached hydrogen (secondary N) is 2. The third-order valence-electron chi connectivity index (χ3n) is 3.64. The van der Waals surface area contributed by atoms with Gasteiger partial charge in [0.2, 0.25) is 11.8 Å². The number of fused-ring (bicyclic) bond motifs is 1. The lowest BCUT2D eigenvalue weighted by molar-refractivity contribution is -0.119. The second-order valence-corrected chi connectivity index (χ2v) is 5.57. The molecule has 3 rings (SSSR count). The number of carbonyl (C=O) groups excluding carboxylic acids is 2. The largest absolute Gasteiger partial charge is 0.349 e. The fourth-order valence-corrected chi connectivity index (χ4v) is 2.55. The van der Waals surface area contributed by atoms with Gasteiger partial charge in [0.25, 0.3) is 0 Å². The molecule has 1 aromatic heterocycles. The van der Waals surface area contributed by atoms with Crippen LogP contribution in [0.15, 0.2) is 48.5 Å². The summed E-state index contributed by atoms with van der Waals surface area (Å²) in [6.07, 6.45) is 0. The minimum atomic E-state index is -0.419. The van der Waals surface area contributed by atoms with Crippen molar-refractivity contribution in [3.63, 3.8) is 0 Å². The Morgan fingerprint density at radius 1 is 1.16 bits per heavy atom. The molecule has 0 atom stereocenters. The van der Waals surface area contributed by atoms with Gasteiger partial charge in [-0.15, -0.1) is 0 Å². The molecule has 2 amide bonds. The van der Waals surface area contributed by atoms with Crippen molar-refractivity contribution >= 4 is 28.5 Å². The van der Waals surface area contributed by atoms with Crippen LogP contribution in [-0.4, -0.2) is 21.4 Å². The van der Waals surface area contributed by atoms with Gasteiger partial charge in [0.05, 0.1) is 17.6 Å². The summed E-state index contributed by atoms with van der Waals surface area (Å²) in [5, 5.41) is 5.35. The molecule has 0 bridgehead atoms. The standard InChI is InChI=1S/C18H17FN4O2/c1-12(24)20-10-17-22-15-7-2-3-8-16(15)23(17)11-18(25)21-14-6-4-5-13(19)9-14/h2-9H,10-11H2,1H3,(H,20,24)(H,21,25). The molecule has 2 N–H and O–H groups in total. The monoisotopic (exact) mass is 340 g/mol. The van der Waals surface area contributed by atoms with E-state index in [1.807, 2.05) is 24.3 Å². The fraction of sp³-hybridized carbons (Fsp3) is 0.167. The summed E-state index contributed by atoms with van der Waals surface area (Å²) in [5.41, 5.74) is 1.91. The highest BCUT2D eigenvalue weighted by molar-refractivity contribution is 5.91. The van der Waals surface area contributed by atoms with E-state index in [1.165, 1.54) is 25.1 Å². The summed E-state index contributed by atoms with van der Waals surface area (Å²) in [7, 11) is 0. The Hall–Kier alpha value is -3.22. The highest BCUT2D eigenvalue weighted by atomic mass is 19.1. The number of anilines is 1. The topological polar surface area (TPSA) is 76.0 Å². The lowest BCUT2D eigenvalue weighted by Gasteiger charge is -2.10. The van der Waals surface area contributed by atoms with Crippen molar-refractivity contribution < 1.29 is 14.0 Å². The molecule has 2 aromatic carbocycles. The van der Waals surface area contributed by atoms with Gasteiger partial charge in [-0.25, -0.2) is 9.37 Å². The first kappa shape index (κ1) is 16.6. The Morgan fingerprint density at radius 2 is 1.96 bits per heavy atom. The van der Waals surface area contributed by atoms with E-state index in [9.17, 15) is 14.0 Å². The third-order valence-corrected chi connectivity index (χ3v) is 3.64. The van der Waals surface area contributed by atoms with Crippen molar-refractivity contribution in [1.82, 2.24) is 14.9 Å². The molecule has 0 saturated carbocycles. The van der Waals surface area contributed by atoms with Gasteiger partial charge in [-0.3, -0.25) is 9.59 Å². The maximum atomic E-state index is 13.2. The van der Waals surface area contributed by atoms with Gasteiger partial charge < -0.3 is 15.2 Å². The molecule has 3 aromatic rings. The molecule has 0 aliphatic carbocycles. The van der Waals surface area contributed by atoms with Crippen LogP contribution in [0.3, 0.4) is 0 Å². The van der Waals surface area contributed by atoms with Crippen LogP contribution in [-0.2, 0) is 22.7 Å². The Balaban J connectivity index is 1.84. The van der Waals surface area contributed by atoms with Crippen LogP contribution in [0.4, 0.5) is 10.1 Å². The summed E-state index contributed by atoms with van der Waals surface area (Å²) in [4.78, 5) is 28.0. The zero-order valence-electron chi connectivity index (χ0n) is 13.6. The minimum Gasteiger partial charge on any atom is -0.349 e. The van der Waals surface area contributed by atoms with Crippen molar-refractivity contribution in [2.45, 2.75) is 20.0 Å². The molecule has 0 fully saturated rings. The molecule has 0 unspecified atom stereocenters. The minimum absolute atomic E-state index is 0.00590. The van der Waals surface area contributed by atoms with Gasteiger partial charge in [-0.1, -0.05) is 18.2 Å². The van der Waals surface area contributed by atoms with E-state index >= 15 is 0 Å². The quantitative estimate of drug-likeness (QED) is 0.749. The third kappa shape index (κ3) is 4.00. The van der Waals surface area contributed by atoms with Crippen molar-refractivity contribution in [3.8, 4) is 0 Å². The Morgan fingerprint density at radius 3 is 2.72 bits per heavy atom. The van der Waals surface area contributed by atoms with E-state index in [0.29, 0.717) is 11.5 Å².